The highest BCUT2D eigenvalue weighted by atomic mass is 16.2. The van der Waals surface area contributed by atoms with Gasteiger partial charge < -0.3 is 9.80 Å². The van der Waals surface area contributed by atoms with Crippen molar-refractivity contribution in [1.29, 1.82) is 0 Å². The summed E-state index contributed by atoms with van der Waals surface area (Å²) in [6.07, 6.45) is 8.57. The summed E-state index contributed by atoms with van der Waals surface area (Å²) in [6, 6.07) is 0.466. The third-order valence-corrected chi connectivity index (χ3v) is 7.43. The van der Waals surface area contributed by atoms with E-state index in [4.69, 9.17) is 0 Å². The molecule has 29 heavy (non-hydrogen) atoms. The average molecular weight is 402 g/mol. The van der Waals surface area contributed by atoms with E-state index >= 15 is 0 Å². The van der Waals surface area contributed by atoms with Crippen LogP contribution in [0.3, 0.4) is 0 Å². The van der Waals surface area contributed by atoms with Crippen molar-refractivity contribution in [2.24, 2.45) is 11.3 Å². The molecule has 3 aliphatic rings. The molecule has 2 amide bonds. The molecule has 1 aliphatic carbocycles. The smallest absolute Gasteiger partial charge is 0.227 e. The standard InChI is InChI=1S/C22H35N5O2/c1-16(14-27-18(3)23-17(2)24-27)21(29)25-12-10-22(11-13-25)9-8-20(28)26(15-22)19-6-4-5-7-19/h16,19H,4-15H2,1-3H3/t16-/m1/s1. The number of carbonyl (C=O) groups is 2. The van der Waals surface area contributed by atoms with Gasteiger partial charge in [-0.3, -0.25) is 9.59 Å². The number of aromatic nitrogens is 3. The Labute approximate surface area is 173 Å². The zero-order chi connectivity index (χ0) is 20.6. The van der Waals surface area contributed by atoms with Crippen molar-refractivity contribution >= 4 is 11.8 Å². The summed E-state index contributed by atoms with van der Waals surface area (Å²) in [4.78, 5) is 34.1. The Kier molecular flexibility index (Phi) is 5.67. The second-order valence-electron chi connectivity index (χ2n) is 9.57. The number of piperidine rings is 2. The lowest BCUT2D eigenvalue weighted by molar-refractivity contribution is -0.146. The number of nitrogens with zero attached hydrogens (tertiary/aromatic N) is 5. The van der Waals surface area contributed by atoms with Crippen molar-refractivity contribution in [2.75, 3.05) is 19.6 Å². The van der Waals surface area contributed by atoms with Crippen molar-refractivity contribution in [3.63, 3.8) is 0 Å². The molecular weight excluding hydrogens is 366 g/mol. The fourth-order valence-corrected chi connectivity index (χ4v) is 5.59. The molecule has 2 aliphatic heterocycles. The third-order valence-electron chi connectivity index (χ3n) is 7.43. The van der Waals surface area contributed by atoms with Gasteiger partial charge in [-0.1, -0.05) is 19.8 Å². The molecule has 7 heteroatoms. The van der Waals surface area contributed by atoms with Gasteiger partial charge in [0.1, 0.15) is 11.6 Å². The first-order valence-electron chi connectivity index (χ1n) is 11.3. The Morgan fingerprint density at radius 1 is 1.17 bits per heavy atom. The van der Waals surface area contributed by atoms with Crippen molar-refractivity contribution in [2.45, 2.75) is 84.7 Å². The number of hydrogen-bond donors (Lipinski definition) is 0. The molecule has 1 atom stereocenters. The number of hydrogen-bond acceptors (Lipinski definition) is 4. The monoisotopic (exact) mass is 401 g/mol. The number of carbonyl (C=O) groups excluding carboxylic acids is 2. The van der Waals surface area contributed by atoms with Crippen molar-refractivity contribution < 1.29 is 9.59 Å². The first-order chi connectivity index (χ1) is 13.9. The molecule has 7 nitrogen and oxygen atoms in total. The largest absolute Gasteiger partial charge is 0.342 e. The minimum Gasteiger partial charge on any atom is -0.342 e. The van der Waals surface area contributed by atoms with Crippen LogP contribution in [0.1, 0.15) is 69.9 Å². The lowest BCUT2D eigenvalue weighted by atomic mass is 9.72. The molecular formula is C22H35N5O2. The van der Waals surface area contributed by atoms with Gasteiger partial charge in [0, 0.05) is 32.1 Å². The Morgan fingerprint density at radius 2 is 1.86 bits per heavy atom. The average Bonchev–Trinajstić information content (AvgIpc) is 3.34. The fourth-order valence-electron chi connectivity index (χ4n) is 5.59. The topological polar surface area (TPSA) is 71.3 Å². The van der Waals surface area contributed by atoms with E-state index < -0.39 is 0 Å². The van der Waals surface area contributed by atoms with Gasteiger partial charge in [-0.05, 0) is 51.4 Å². The Bertz CT molecular complexity index is 759. The zero-order valence-corrected chi connectivity index (χ0v) is 18.2. The highest BCUT2D eigenvalue weighted by Gasteiger charge is 2.44. The van der Waals surface area contributed by atoms with Crippen LogP contribution in [0.2, 0.25) is 0 Å². The lowest BCUT2D eigenvalue weighted by Crippen LogP contribution is -2.55. The van der Waals surface area contributed by atoms with Gasteiger partial charge in [0.15, 0.2) is 0 Å². The van der Waals surface area contributed by atoms with Crippen LogP contribution in [0, 0.1) is 25.2 Å². The van der Waals surface area contributed by atoms with Gasteiger partial charge >= 0.3 is 0 Å². The van der Waals surface area contributed by atoms with Crippen molar-refractivity contribution in [3.8, 4) is 0 Å². The van der Waals surface area contributed by atoms with Crippen LogP contribution in [-0.4, -0.2) is 62.1 Å². The van der Waals surface area contributed by atoms with E-state index in [2.05, 4.69) is 15.0 Å². The second kappa shape index (κ2) is 8.07. The van der Waals surface area contributed by atoms with E-state index in [0.717, 1.165) is 50.5 Å². The molecule has 1 aromatic rings. The van der Waals surface area contributed by atoms with Crippen LogP contribution < -0.4 is 0 Å². The second-order valence-corrected chi connectivity index (χ2v) is 9.57. The lowest BCUT2D eigenvalue weighted by Gasteiger charge is -2.49. The first-order valence-corrected chi connectivity index (χ1v) is 11.3. The predicted molar refractivity (Wildman–Crippen MR) is 110 cm³/mol. The number of likely N-dealkylation sites (tertiary alicyclic amines) is 2. The van der Waals surface area contributed by atoms with Crippen LogP contribution in [0.5, 0.6) is 0 Å². The molecule has 2 saturated heterocycles. The molecule has 1 saturated carbocycles. The summed E-state index contributed by atoms with van der Waals surface area (Å²) in [6.45, 7) is 8.91. The fraction of sp³-hybridized carbons (Fsp3) is 0.818. The maximum atomic E-state index is 13.0. The Morgan fingerprint density at radius 3 is 2.48 bits per heavy atom. The maximum Gasteiger partial charge on any atom is 0.227 e. The van der Waals surface area contributed by atoms with E-state index in [0.29, 0.717) is 24.9 Å². The number of aryl methyl sites for hydroxylation is 2. The predicted octanol–water partition coefficient (Wildman–Crippen LogP) is 2.70. The van der Waals surface area contributed by atoms with Gasteiger partial charge in [0.25, 0.3) is 0 Å². The van der Waals surface area contributed by atoms with Crippen LogP contribution in [0.4, 0.5) is 0 Å². The molecule has 160 valence electrons. The summed E-state index contributed by atoms with van der Waals surface area (Å²) >= 11 is 0. The van der Waals surface area contributed by atoms with Crippen LogP contribution in [-0.2, 0) is 16.1 Å². The van der Waals surface area contributed by atoms with E-state index in [1.165, 1.54) is 25.7 Å². The maximum absolute atomic E-state index is 13.0. The highest BCUT2D eigenvalue weighted by molar-refractivity contribution is 5.79. The summed E-state index contributed by atoms with van der Waals surface area (Å²) in [7, 11) is 0. The SMILES string of the molecule is Cc1nc(C)n(C[C@@H](C)C(=O)N2CCC3(CCC(=O)N(C4CCCC4)C3)CC2)n1. The Hall–Kier alpha value is -1.92. The van der Waals surface area contributed by atoms with Gasteiger partial charge in [-0.2, -0.15) is 5.10 Å². The minimum absolute atomic E-state index is 0.105. The third kappa shape index (κ3) is 4.19. The molecule has 0 aromatic carbocycles. The van der Waals surface area contributed by atoms with Crippen molar-refractivity contribution in [3.05, 3.63) is 11.6 Å². The molecule has 0 N–H and O–H groups in total. The first kappa shape index (κ1) is 20.4. The Balaban J connectivity index is 1.34. The summed E-state index contributed by atoms with van der Waals surface area (Å²) in [5, 5.41) is 4.40. The van der Waals surface area contributed by atoms with Gasteiger partial charge in [-0.25, -0.2) is 9.67 Å². The zero-order valence-electron chi connectivity index (χ0n) is 18.2. The molecule has 0 unspecified atom stereocenters. The molecule has 3 heterocycles. The van der Waals surface area contributed by atoms with Crippen molar-refractivity contribution in [1.82, 2.24) is 24.6 Å². The normalized spacial score (nSPS) is 23.8. The van der Waals surface area contributed by atoms with E-state index in [1.54, 1.807) is 0 Å². The number of amides is 2. The summed E-state index contributed by atoms with van der Waals surface area (Å²) < 4.78 is 1.84. The molecule has 1 spiro atoms. The molecule has 4 rings (SSSR count). The molecule has 3 fully saturated rings. The number of rotatable bonds is 4. The van der Waals surface area contributed by atoms with E-state index in [9.17, 15) is 9.59 Å². The van der Waals surface area contributed by atoms with Crippen LogP contribution in [0.25, 0.3) is 0 Å². The summed E-state index contributed by atoms with van der Waals surface area (Å²) in [5.74, 6) is 2.08. The highest BCUT2D eigenvalue weighted by Crippen LogP contribution is 2.42. The molecule has 1 aromatic heterocycles. The molecule has 0 radical (unpaired) electrons. The quantitative estimate of drug-likeness (QED) is 0.778. The summed E-state index contributed by atoms with van der Waals surface area (Å²) in [5.41, 5.74) is 0.218. The van der Waals surface area contributed by atoms with Gasteiger partial charge in [0.2, 0.25) is 11.8 Å². The van der Waals surface area contributed by atoms with Gasteiger partial charge in [0.05, 0.1) is 12.5 Å². The molecule has 0 bridgehead atoms. The van der Waals surface area contributed by atoms with Crippen LogP contribution >= 0.6 is 0 Å². The van der Waals surface area contributed by atoms with E-state index in [-0.39, 0.29) is 17.2 Å². The van der Waals surface area contributed by atoms with E-state index in [1.807, 2.05) is 30.4 Å². The van der Waals surface area contributed by atoms with Gasteiger partial charge in [-0.15, -0.1) is 0 Å². The van der Waals surface area contributed by atoms with Crippen LogP contribution in [0.15, 0.2) is 0 Å². The minimum atomic E-state index is -0.105.